The van der Waals surface area contributed by atoms with E-state index in [0.29, 0.717) is 0 Å². The van der Waals surface area contributed by atoms with E-state index in [9.17, 15) is 0 Å². The van der Waals surface area contributed by atoms with E-state index >= 15 is 0 Å². The van der Waals surface area contributed by atoms with Crippen molar-refractivity contribution in [2.45, 2.75) is 46.3 Å². The molecule has 1 aliphatic heterocycles. The zero-order chi connectivity index (χ0) is 9.61. The van der Waals surface area contributed by atoms with E-state index in [1.54, 1.807) is 0 Å². The number of ether oxygens (including phenoxy) is 1. The van der Waals surface area contributed by atoms with Crippen molar-refractivity contribution >= 4 is 0 Å². The third-order valence-corrected chi connectivity index (χ3v) is 1.16. The van der Waals surface area contributed by atoms with E-state index < -0.39 is 6.29 Å². The number of hydrogen-bond acceptors (Lipinski definition) is 2. The molecule has 1 aliphatic rings. The first kappa shape index (κ1) is 16.5. The van der Waals surface area contributed by atoms with Crippen molar-refractivity contribution in [2.75, 3.05) is 6.61 Å². The Labute approximate surface area is 107 Å². The maximum Gasteiger partial charge on any atom is 0.154 e. The molecule has 1 atom stereocenters. The van der Waals surface area contributed by atoms with Crippen molar-refractivity contribution in [1.82, 2.24) is 0 Å². The molecule has 1 unspecified atom stereocenters. The van der Waals surface area contributed by atoms with Gasteiger partial charge in [0, 0.05) is 39.3 Å². The van der Waals surface area contributed by atoms with Crippen LogP contribution in [0, 0.1) is 12.3 Å². The van der Waals surface area contributed by atoms with Crippen LogP contribution in [-0.2, 0) is 37.4 Å². The third-order valence-electron chi connectivity index (χ3n) is 1.16. The van der Waals surface area contributed by atoms with Gasteiger partial charge in [-0.25, -0.2) is 0 Å². The van der Waals surface area contributed by atoms with E-state index in [1.165, 1.54) is 0 Å². The van der Waals surface area contributed by atoms with Gasteiger partial charge >= 0.3 is 0 Å². The molecule has 13 heavy (non-hydrogen) atoms. The monoisotopic (exact) mass is 262 g/mol. The molecule has 0 aromatic heterocycles. The molecular formula is C10H21O2Y-. The van der Waals surface area contributed by atoms with Crippen LogP contribution < -0.4 is 0 Å². The van der Waals surface area contributed by atoms with Crippen LogP contribution in [0.4, 0.5) is 0 Å². The zero-order valence-corrected chi connectivity index (χ0v) is 11.9. The summed E-state index contributed by atoms with van der Waals surface area (Å²) in [5.41, 5.74) is 0.250. The number of rotatable bonds is 0. The molecule has 1 N–H and O–H groups in total. The quantitative estimate of drug-likeness (QED) is 0.679. The molecule has 3 heteroatoms. The molecule has 0 spiro atoms. The molecule has 77 valence electrons. The normalized spacial score (nSPS) is 22.4. The largest absolute Gasteiger partial charge is 0.368 e. The molecule has 2 nitrogen and oxygen atoms in total. The van der Waals surface area contributed by atoms with Crippen LogP contribution in [0.5, 0.6) is 0 Å². The molecule has 1 saturated heterocycles. The summed E-state index contributed by atoms with van der Waals surface area (Å²) in [6, 6.07) is 0. The van der Waals surface area contributed by atoms with Gasteiger partial charge in [-0.15, -0.1) is 0 Å². The van der Waals surface area contributed by atoms with Crippen LogP contribution >= 0.6 is 0 Å². The minimum Gasteiger partial charge on any atom is -0.368 e. The van der Waals surface area contributed by atoms with Gasteiger partial charge in [-0.3, -0.25) is 0 Å². The summed E-state index contributed by atoms with van der Waals surface area (Å²) in [6.07, 6.45) is 2.58. The molecule has 0 aliphatic carbocycles. The van der Waals surface area contributed by atoms with Crippen molar-refractivity contribution in [3.8, 4) is 0 Å². The van der Waals surface area contributed by atoms with Gasteiger partial charge in [0.15, 0.2) is 6.29 Å². The van der Waals surface area contributed by atoms with Crippen molar-refractivity contribution < 1.29 is 42.6 Å². The molecule has 0 amide bonds. The minimum atomic E-state index is -0.464. The van der Waals surface area contributed by atoms with Crippen LogP contribution in [0.3, 0.4) is 0 Å². The third kappa shape index (κ3) is 19.4. The summed E-state index contributed by atoms with van der Waals surface area (Å²) < 4.78 is 4.83. The number of hydrogen-bond donors (Lipinski definition) is 1. The Kier molecular flexibility index (Phi) is 10.6. The van der Waals surface area contributed by atoms with Gasteiger partial charge in [0.1, 0.15) is 0 Å². The smallest absolute Gasteiger partial charge is 0.154 e. The van der Waals surface area contributed by atoms with Gasteiger partial charge in [-0.05, 0) is 19.3 Å². The van der Waals surface area contributed by atoms with Gasteiger partial charge in [-0.2, -0.15) is 5.41 Å². The Morgan fingerprint density at radius 1 is 1.31 bits per heavy atom. The molecule has 1 heterocycles. The average molecular weight is 262 g/mol. The Bertz CT molecular complexity index is 98.0. The second kappa shape index (κ2) is 8.34. The SMILES string of the molecule is OC1CCCCO1.[CH2-]C(C)(C)C.[Y]. The maximum absolute atomic E-state index is 8.69. The topological polar surface area (TPSA) is 29.5 Å². The second-order valence-electron chi connectivity index (χ2n) is 4.38. The first-order valence-corrected chi connectivity index (χ1v) is 4.54. The molecule has 1 radical (unpaired) electrons. The van der Waals surface area contributed by atoms with E-state index in [0.717, 1.165) is 25.9 Å². The van der Waals surface area contributed by atoms with Gasteiger partial charge in [0.2, 0.25) is 0 Å². The molecule has 0 aromatic carbocycles. The summed E-state index contributed by atoms with van der Waals surface area (Å²) in [5.74, 6) is 0. The van der Waals surface area contributed by atoms with E-state index in [1.807, 2.05) is 0 Å². The summed E-state index contributed by atoms with van der Waals surface area (Å²) in [7, 11) is 0. The molecule has 0 bridgehead atoms. The Balaban J connectivity index is 0. The summed E-state index contributed by atoms with van der Waals surface area (Å²) in [5, 5.41) is 8.69. The summed E-state index contributed by atoms with van der Waals surface area (Å²) in [4.78, 5) is 0. The predicted octanol–water partition coefficient (Wildman–Crippen LogP) is 2.37. The molecular weight excluding hydrogens is 241 g/mol. The van der Waals surface area contributed by atoms with Crippen molar-refractivity contribution in [1.29, 1.82) is 0 Å². The molecule has 0 aromatic rings. The van der Waals surface area contributed by atoms with E-state index in [2.05, 4.69) is 27.7 Å². The minimum absolute atomic E-state index is 0. The standard InChI is InChI=1S/C5H10O2.C5H11.Y/c6-5-3-1-2-4-7-5;1-5(2,3)4;/h5-6H,1-4H2;1H2,2-4H3;/q;-1;. The van der Waals surface area contributed by atoms with Gasteiger partial charge < -0.3 is 16.8 Å². The maximum atomic E-state index is 8.69. The van der Waals surface area contributed by atoms with Crippen LogP contribution in [0.2, 0.25) is 0 Å². The van der Waals surface area contributed by atoms with Crippen molar-refractivity contribution in [2.24, 2.45) is 5.41 Å². The predicted molar refractivity (Wildman–Crippen MR) is 50.6 cm³/mol. The fourth-order valence-electron chi connectivity index (χ4n) is 0.724. The second-order valence-corrected chi connectivity index (χ2v) is 4.38. The van der Waals surface area contributed by atoms with Crippen molar-refractivity contribution in [3.05, 3.63) is 6.92 Å². The van der Waals surface area contributed by atoms with Gasteiger partial charge in [0.25, 0.3) is 0 Å². The van der Waals surface area contributed by atoms with Crippen LogP contribution in [0.15, 0.2) is 0 Å². The Hall–Kier alpha value is 1.02. The zero-order valence-electron chi connectivity index (χ0n) is 9.05. The summed E-state index contributed by atoms with van der Waals surface area (Å²) in [6.45, 7) is 10.7. The van der Waals surface area contributed by atoms with Gasteiger partial charge in [0.05, 0.1) is 0 Å². The van der Waals surface area contributed by atoms with Crippen LogP contribution in [-0.4, -0.2) is 18.0 Å². The summed E-state index contributed by atoms with van der Waals surface area (Å²) >= 11 is 0. The molecule has 1 rings (SSSR count). The average Bonchev–Trinajstić information content (AvgIpc) is 1.85. The first-order valence-electron chi connectivity index (χ1n) is 4.54. The fraction of sp³-hybridized carbons (Fsp3) is 0.900. The number of aliphatic hydroxyl groups is 1. The number of aliphatic hydroxyl groups excluding tert-OH is 1. The van der Waals surface area contributed by atoms with Gasteiger partial charge in [-0.1, -0.05) is 20.8 Å². The van der Waals surface area contributed by atoms with Crippen LogP contribution in [0.1, 0.15) is 40.0 Å². The first-order chi connectivity index (χ1) is 5.39. The Morgan fingerprint density at radius 3 is 1.92 bits per heavy atom. The Morgan fingerprint density at radius 2 is 1.77 bits per heavy atom. The van der Waals surface area contributed by atoms with Crippen LogP contribution in [0.25, 0.3) is 0 Å². The van der Waals surface area contributed by atoms with Crippen molar-refractivity contribution in [3.63, 3.8) is 0 Å². The van der Waals surface area contributed by atoms with E-state index in [4.69, 9.17) is 9.84 Å². The molecule has 0 saturated carbocycles. The fourth-order valence-corrected chi connectivity index (χ4v) is 0.724. The molecule has 1 fully saturated rings. The van der Waals surface area contributed by atoms with E-state index in [-0.39, 0.29) is 38.1 Å².